The Balaban J connectivity index is 5.08. The summed E-state index contributed by atoms with van der Waals surface area (Å²) in [7, 11) is 1.45. The molecule has 0 aliphatic heterocycles. The van der Waals surface area contributed by atoms with Crippen LogP contribution in [0.25, 0.3) is 0 Å². The first kappa shape index (κ1) is 76.9. The molecule has 0 saturated carbocycles. The summed E-state index contributed by atoms with van der Waals surface area (Å²) in [5, 5.41) is 3.01. The zero-order valence-electron chi connectivity index (χ0n) is 52.8. The molecule has 3 unspecified atom stereocenters. The van der Waals surface area contributed by atoms with Crippen molar-refractivity contribution in [1.82, 2.24) is 5.32 Å². The molecule has 0 heterocycles. The van der Waals surface area contributed by atoms with Gasteiger partial charge in [-0.2, -0.15) is 0 Å². The number of unbranched alkanes of at least 4 members (excludes halogenated alkanes) is 29. The molecule has 0 spiro atoms. The van der Waals surface area contributed by atoms with Crippen LogP contribution in [0.5, 0.6) is 0 Å². The van der Waals surface area contributed by atoms with Gasteiger partial charge < -0.3 is 19.4 Å². The van der Waals surface area contributed by atoms with Crippen LogP contribution in [0.4, 0.5) is 0 Å². The van der Waals surface area contributed by atoms with Crippen molar-refractivity contribution in [2.24, 2.45) is 0 Å². The molecule has 0 bridgehead atoms. The van der Waals surface area contributed by atoms with E-state index in [4.69, 9.17) is 13.8 Å². The van der Waals surface area contributed by atoms with Crippen LogP contribution in [0.3, 0.4) is 0 Å². The number of hydrogen-bond donors (Lipinski definition) is 2. The Bertz CT molecular complexity index is 1690. The summed E-state index contributed by atoms with van der Waals surface area (Å²) in [4.78, 5) is 37.7. The highest BCUT2D eigenvalue weighted by Gasteiger charge is 2.30. The molecule has 0 saturated heterocycles. The number of rotatable bonds is 59. The molecule has 0 aliphatic rings. The minimum atomic E-state index is -4.47. The van der Waals surface area contributed by atoms with Gasteiger partial charge in [0.25, 0.3) is 0 Å². The molecule has 3 atom stereocenters. The van der Waals surface area contributed by atoms with Gasteiger partial charge in [0, 0.05) is 12.8 Å². The minimum Gasteiger partial charge on any atom is -0.456 e. The Hall–Kier alpha value is -3.07. The second-order valence-electron chi connectivity index (χ2n) is 23.3. The van der Waals surface area contributed by atoms with E-state index in [0.717, 1.165) is 77.0 Å². The van der Waals surface area contributed by atoms with E-state index in [-0.39, 0.29) is 37.9 Å². The van der Waals surface area contributed by atoms with E-state index in [0.29, 0.717) is 17.4 Å². The summed E-state index contributed by atoms with van der Waals surface area (Å²) in [5.74, 6) is -0.600. The van der Waals surface area contributed by atoms with Crippen LogP contribution in [0, 0.1) is 0 Å². The van der Waals surface area contributed by atoms with Gasteiger partial charge in [0.1, 0.15) is 19.3 Å². The fraction of sp³-hybridized carbons (Fsp3) is 0.743. The van der Waals surface area contributed by atoms with Crippen molar-refractivity contribution < 1.29 is 37.3 Å². The monoisotopic (exact) mass is 1140 g/mol. The molecular weight excluding hydrogens is 1010 g/mol. The number of allylic oxidation sites excluding steroid dienone is 15. The number of nitrogens with one attached hydrogen (secondary N) is 1. The Morgan fingerprint density at radius 1 is 0.450 bits per heavy atom. The van der Waals surface area contributed by atoms with Crippen LogP contribution in [-0.4, -0.2) is 74.3 Å². The maximum atomic E-state index is 13.5. The standard InChI is InChI=1S/C70H125N2O7P/c1-7-10-13-16-19-22-25-27-29-31-32-33-34-35-36-37-38-39-40-41-43-45-48-51-54-57-60-63-70(74)79-68(61-58-55-52-49-46-24-21-18-15-12-9-3)67(66-78-80(75,76)77-65-64-72(4,5)6)71-69(73)62-59-56-53-50-47-44-42-30-28-26-23-20-17-14-11-8-2/h11,14,19-20,22-23,27-30,44,47,53,56,58,61,67-68H,7-10,12-13,15-18,21,24-26,31-43,45-46,48-52,54-55,57,59-60,62-66H2,1-6H3,(H-,71,73,75,76)/p+1/b14-11+,22-19-,23-20+,29-27-,30-28+,47-44+,56-53+,61-58-. The van der Waals surface area contributed by atoms with Gasteiger partial charge in [-0.05, 0) is 96.0 Å². The zero-order chi connectivity index (χ0) is 58.6. The molecule has 0 aromatic carbocycles. The summed E-state index contributed by atoms with van der Waals surface area (Å²) in [6.45, 7) is 6.82. The average Bonchev–Trinajstić information content (AvgIpc) is 3.43. The molecule has 2 N–H and O–H groups in total. The first-order valence-corrected chi connectivity index (χ1v) is 34.6. The predicted octanol–water partition coefficient (Wildman–Crippen LogP) is 20.7. The predicted molar refractivity (Wildman–Crippen MR) is 346 cm³/mol. The van der Waals surface area contributed by atoms with Gasteiger partial charge in [0.15, 0.2) is 0 Å². The molecule has 0 aromatic rings. The Labute approximate surface area is 494 Å². The van der Waals surface area contributed by atoms with Crippen molar-refractivity contribution in [2.75, 3.05) is 40.9 Å². The van der Waals surface area contributed by atoms with E-state index in [2.05, 4.69) is 105 Å². The average molecular weight is 1140 g/mol. The lowest BCUT2D eigenvalue weighted by Gasteiger charge is -2.27. The largest absolute Gasteiger partial charge is 0.472 e. The van der Waals surface area contributed by atoms with Crippen LogP contribution in [0.2, 0.25) is 0 Å². The molecule has 1 amide bonds. The maximum Gasteiger partial charge on any atom is 0.472 e. The number of phosphoric ester groups is 1. The zero-order valence-corrected chi connectivity index (χ0v) is 53.7. The lowest BCUT2D eigenvalue weighted by atomic mass is 10.0. The summed E-state index contributed by atoms with van der Waals surface area (Å²) in [5.41, 5.74) is 0. The van der Waals surface area contributed by atoms with Crippen LogP contribution in [0.1, 0.15) is 284 Å². The third-order valence-corrected chi connectivity index (χ3v) is 15.3. The van der Waals surface area contributed by atoms with Crippen molar-refractivity contribution in [3.63, 3.8) is 0 Å². The maximum absolute atomic E-state index is 13.5. The summed E-state index contributed by atoms with van der Waals surface area (Å²) >= 11 is 0. The minimum absolute atomic E-state index is 0.0240. The quantitative estimate of drug-likeness (QED) is 0.0205. The highest BCUT2D eigenvalue weighted by Crippen LogP contribution is 2.43. The summed E-state index contributed by atoms with van der Waals surface area (Å²) < 4.78 is 30.7. The van der Waals surface area contributed by atoms with Crippen LogP contribution in [0.15, 0.2) is 97.2 Å². The normalized spacial score (nSPS) is 14.2. The van der Waals surface area contributed by atoms with Crippen LogP contribution >= 0.6 is 7.82 Å². The molecule has 0 rings (SSSR count). The molecule has 10 heteroatoms. The number of carbonyl (C=O) groups excluding carboxylic acids is 2. The number of hydrogen-bond acceptors (Lipinski definition) is 6. The van der Waals surface area contributed by atoms with Gasteiger partial charge in [-0.25, -0.2) is 4.57 Å². The highest BCUT2D eigenvalue weighted by atomic mass is 31.2. The molecule has 9 nitrogen and oxygen atoms in total. The molecule has 0 fully saturated rings. The Kier molecular flexibility index (Phi) is 56.8. The van der Waals surface area contributed by atoms with E-state index < -0.39 is 20.0 Å². The van der Waals surface area contributed by atoms with E-state index in [1.54, 1.807) is 0 Å². The smallest absolute Gasteiger partial charge is 0.456 e. The van der Waals surface area contributed by atoms with Gasteiger partial charge in [0.2, 0.25) is 5.91 Å². The molecule has 0 aromatic heterocycles. The van der Waals surface area contributed by atoms with E-state index in [9.17, 15) is 19.0 Å². The van der Waals surface area contributed by atoms with E-state index in [1.807, 2.05) is 39.4 Å². The number of esters is 1. The third kappa shape index (κ3) is 59.5. The van der Waals surface area contributed by atoms with E-state index >= 15 is 0 Å². The highest BCUT2D eigenvalue weighted by molar-refractivity contribution is 7.47. The first-order valence-electron chi connectivity index (χ1n) is 33.1. The molecular formula is C70H126N2O7P+. The number of nitrogens with zero attached hydrogens (tertiary/aromatic N) is 1. The topological polar surface area (TPSA) is 111 Å². The van der Waals surface area contributed by atoms with Crippen molar-refractivity contribution in [2.45, 2.75) is 296 Å². The number of phosphoric acid groups is 1. The number of ether oxygens (including phenoxy) is 1. The molecule has 80 heavy (non-hydrogen) atoms. The fourth-order valence-electron chi connectivity index (χ4n) is 9.19. The second kappa shape index (κ2) is 59.1. The number of amides is 1. The Morgan fingerprint density at radius 2 is 0.812 bits per heavy atom. The third-order valence-electron chi connectivity index (χ3n) is 14.3. The van der Waals surface area contributed by atoms with Crippen molar-refractivity contribution in [1.29, 1.82) is 0 Å². The van der Waals surface area contributed by atoms with E-state index in [1.165, 1.54) is 167 Å². The van der Waals surface area contributed by atoms with Crippen LogP contribution < -0.4 is 5.32 Å². The SMILES string of the molecule is CC/C=C/C/C=C/C/C=C/C/C=C/C/C=C/CCC(=O)NC(COP(=O)(O)OCC[N+](C)(C)C)C(/C=C\CCCCCCCCCCC)OC(=O)CCCCCCCCCCCCCCCCCCC/C=C\C/C=C\CCCCC. The van der Waals surface area contributed by atoms with Gasteiger partial charge in [-0.3, -0.25) is 18.6 Å². The van der Waals surface area contributed by atoms with Gasteiger partial charge in [-0.1, -0.05) is 272 Å². The Morgan fingerprint density at radius 3 is 1.25 bits per heavy atom. The van der Waals surface area contributed by atoms with Gasteiger partial charge >= 0.3 is 13.8 Å². The fourth-order valence-corrected chi connectivity index (χ4v) is 9.93. The number of quaternary nitrogens is 1. The number of likely N-dealkylation sites (N-methyl/N-ethyl adjacent to an activating group) is 1. The van der Waals surface area contributed by atoms with Crippen LogP contribution in [-0.2, 0) is 27.9 Å². The molecule has 462 valence electrons. The lowest BCUT2D eigenvalue weighted by Crippen LogP contribution is -2.47. The number of carbonyl (C=O) groups is 2. The van der Waals surface area contributed by atoms with Crippen molar-refractivity contribution >= 4 is 19.7 Å². The van der Waals surface area contributed by atoms with Crippen molar-refractivity contribution in [3.05, 3.63) is 97.2 Å². The van der Waals surface area contributed by atoms with Gasteiger partial charge in [-0.15, -0.1) is 0 Å². The van der Waals surface area contributed by atoms with Gasteiger partial charge in [0.05, 0.1) is 33.8 Å². The second-order valence-corrected chi connectivity index (χ2v) is 24.7. The summed E-state index contributed by atoms with van der Waals surface area (Å²) in [6.07, 6.45) is 80.2. The molecule has 0 radical (unpaired) electrons. The molecule has 0 aliphatic carbocycles. The lowest BCUT2D eigenvalue weighted by molar-refractivity contribution is -0.870. The summed E-state index contributed by atoms with van der Waals surface area (Å²) in [6, 6.07) is -0.891. The first-order chi connectivity index (χ1) is 38.9. The van der Waals surface area contributed by atoms with Crippen molar-refractivity contribution in [3.8, 4) is 0 Å².